The second kappa shape index (κ2) is 10.9. The standard InChI is InChI=1S/C35H40N4O7/c1-8-35(46-31(42)26(13-19(2)3)37-29(40)24-16-33(4,5)39(44)34(24,6)7)23-15-27-28-21(14-20-11-9-10-12-25(20)36-28)17-38(27)30(41)22(23)18-45-32(35)43/h9-12,14-16,19,26,44H,8,13,17-18H2,1-7H3,(H,37,40)/t26-,35-/m0/s1. The highest BCUT2D eigenvalue weighted by atomic mass is 16.6. The van der Waals surface area contributed by atoms with Crippen molar-refractivity contribution in [3.8, 4) is 11.4 Å². The van der Waals surface area contributed by atoms with E-state index >= 15 is 0 Å². The molecule has 1 aromatic carbocycles. The summed E-state index contributed by atoms with van der Waals surface area (Å²) in [6, 6.07) is 10.3. The van der Waals surface area contributed by atoms with Crippen LogP contribution >= 0.6 is 0 Å². The summed E-state index contributed by atoms with van der Waals surface area (Å²) in [6.45, 7) is 12.6. The van der Waals surface area contributed by atoms with Crippen LogP contribution in [0.25, 0.3) is 22.3 Å². The summed E-state index contributed by atoms with van der Waals surface area (Å²) in [6.07, 6.45) is 1.90. The van der Waals surface area contributed by atoms with Crippen molar-refractivity contribution in [3.05, 3.63) is 75.1 Å². The number of amides is 1. The van der Waals surface area contributed by atoms with E-state index in [0.29, 0.717) is 23.5 Å². The molecule has 242 valence electrons. The van der Waals surface area contributed by atoms with E-state index in [1.165, 1.54) is 0 Å². The number of para-hydroxylation sites is 1. The van der Waals surface area contributed by atoms with Gasteiger partial charge in [0.2, 0.25) is 11.5 Å². The molecule has 0 bridgehead atoms. The van der Waals surface area contributed by atoms with Gasteiger partial charge < -0.3 is 24.6 Å². The van der Waals surface area contributed by atoms with Crippen molar-refractivity contribution in [1.82, 2.24) is 19.9 Å². The maximum atomic E-state index is 14.0. The first-order valence-corrected chi connectivity index (χ1v) is 15.7. The van der Waals surface area contributed by atoms with Gasteiger partial charge in [-0.05, 0) is 64.7 Å². The molecule has 0 unspecified atom stereocenters. The number of nitrogens with one attached hydrogen (secondary N) is 1. The number of rotatable bonds is 7. The maximum Gasteiger partial charge on any atom is 0.355 e. The lowest BCUT2D eigenvalue weighted by Gasteiger charge is -2.37. The summed E-state index contributed by atoms with van der Waals surface area (Å²) < 4.78 is 13.2. The van der Waals surface area contributed by atoms with Gasteiger partial charge >= 0.3 is 11.9 Å². The van der Waals surface area contributed by atoms with Crippen LogP contribution in [0.3, 0.4) is 0 Å². The summed E-state index contributed by atoms with van der Waals surface area (Å²) in [5.41, 5.74) is -0.451. The van der Waals surface area contributed by atoms with Gasteiger partial charge in [0.1, 0.15) is 12.6 Å². The molecule has 2 atom stereocenters. The summed E-state index contributed by atoms with van der Waals surface area (Å²) in [4.78, 5) is 59.9. The lowest BCUT2D eigenvalue weighted by molar-refractivity contribution is -0.191. The number of esters is 2. The summed E-state index contributed by atoms with van der Waals surface area (Å²) in [5, 5.41) is 15.6. The number of hydrogen-bond donors (Lipinski definition) is 2. The average molecular weight is 629 g/mol. The van der Waals surface area contributed by atoms with Gasteiger partial charge in [-0.15, -0.1) is 0 Å². The van der Waals surface area contributed by atoms with E-state index in [1.54, 1.807) is 51.3 Å². The van der Waals surface area contributed by atoms with E-state index in [1.807, 2.05) is 44.2 Å². The number of hydrogen-bond acceptors (Lipinski definition) is 9. The van der Waals surface area contributed by atoms with E-state index in [-0.39, 0.29) is 42.1 Å². The molecule has 0 saturated carbocycles. The van der Waals surface area contributed by atoms with Crippen LogP contribution in [0.1, 0.15) is 78.0 Å². The van der Waals surface area contributed by atoms with Gasteiger partial charge in [0, 0.05) is 22.1 Å². The Morgan fingerprint density at radius 2 is 1.85 bits per heavy atom. The van der Waals surface area contributed by atoms with Crippen LogP contribution < -0.4 is 10.9 Å². The average Bonchev–Trinajstić information content (AvgIpc) is 3.44. The fourth-order valence-corrected chi connectivity index (χ4v) is 7.02. The lowest BCUT2D eigenvalue weighted by atomic mass is 9.85. The number of benzene rings is 1. The number of hydroxylamine groups is 2. The Labute approximate surface area is 267 Å². The minimum absolute atomic E-state index is 0.000334. The Kier molecular flexibility index (Phi) is 7.48. The van der Waals surface area contributed by atoms with E-state index < -0.39 is 40.6 Å². The SMILES string of the molecule is CC[C@@]1(OC(=O)[C@H](CC(C)C)NC(=O)C2=CC(C)(C)N(O)C2(C)C)C(=O)OCc2c1cc1n(c2=O)Cc2cc3ccccc3nc2-1. The normalized spacial score (nSPS) is 21.7. The van der Waals surface area contributed by atoms with Crippen LogP contribution in [-0.2, 0) is 42.6 Å². The molecule has 3 aliphatic rings. The van der Waals surface area contributed by atoms with E-state index in [9.17, 15) is 24.4 Å². The topological polar surface area (TPSA) is 140 Å². The molecule has 2 aromatic heterocycles. The fraction of sp³-hybridized carbons (Fsp3) is 0.457. The first-order chi connectivity index (χ1) is 21.6. The molecule has 46 heavy (non-hydrogen) atoms. The lowest BCUT2D eigenvalue weighted by Crippen LogP contribution is -2.53. The number of fused-ring (bicyclic) bond motifs is 5. The Morgan fingerprint density at radius 1 is 1.13 bits per heavy atom. The molecule has 3 aliphatic heterocycles. The number of cyclic esters (lactones) is 1. The second-order valence-corrected chi connectivity index (χ2v) is 13.9. The third kappa shape index (κ3) is 4.84. The number of aromatic nitrogens is 2. The monoisotopic (exact) mass is 628 g/mol. The van der Waals surface area contributed by atoms with Gasteiger partial charge in [0.05, 0.1) is 40.1 Å². The molecule has 11 nitrogen and oxygen atoms in total. The van der Waals surface area contributed by atoms with Gasteiger partial charge in [0.25, 0.3) is 5.56 Å². The molecular formula is C35H40N4O7. The molecule has 1 amide bonds. The highest BCUT2D eigenvalue weighted by molar-refractivity contribution is 5.99. The van der Waals surface area contributed by atoms with E-state index in [2.05, 4.69) is 5.32 Å². The molecule has 0 saturated heterocycles. The minimum Gasteiger partial charge on any atom is -0.457 e. The van der Waals surface area contributed by atoms with Crippen LogP contribution in [0.2, 0.25) is 0 Å². The molecule has 0 fully saturated rings. The molecular weight excluding hydrogens is 588 g/mol. The predicted octanol–water partition coefficient (Wildman–Crippen LogP) is 4.35. The van der Waals surface area contributed by atoms with Gasteiger partial charge in [-0.25, -0.2) is 14.6 Å². The number of pyridine rings is 2. The van der Waals surface area contributed by atoms with E-state index in [4.69, 9.17) is 14.5 Å². The predicted molar refractivity (Wildman–Crippen MR) is 170 cm³/mol. The Morgan fingerprint density at radius 3 is 2.50 bits per heavy atom. The summed E-state index contributed by atoms with van der Waals surface area (Å²) >= 11 is 0. The molecule has 11 heteroatoms. The second-order valence-electron chi connectivity index (χ2n) is 13.9. The summed E-state index contributed by atoms with van der Waals surface area (Å²) in [5.74, 6) is -2.16. The molecule has 2 N–H and O–H groups in total. The zero-order chi connectivity index (χ0) is 33.3. The van der Waals surface area contributed by atoms with Crippen molar-refractivity contribution < 1.29 is 29.1 Å². The number of carbonyl (C=O) groups excluding carboxylic acids is 3. The molecule has 0 aliphatic carbocycles. The van der Waals surface area contributed by atoms with Crippen molar-refractivity contribution in [2.45, 2.75) is 97.2 Å². The largest absolute Gasteiger partial charge is 0.457 e. The quantitative estimate of drug-likeness (QED) is 0.286. The maximum absolute atomic E-state index is 14.0. The minimum atomic E-state index is -1.91. The number of carbonyl (C=O) groups is 3. The van der Waals surface area contributed by atoms with Crippen LogP contribution in [0, 0.1) is 5.92 Å². The third-order valence-electron chi connectivity index (χ3n) is 9.43. The van der Waals surface area contributed by atoms with Crippen LogP contribution in [0.15, 0.2) is 52.8 Å². The number of ether oxygens (including phenoxy) is 2. The van der Waals surface area contributed by atoms with Crippen LogP contribution in [0.5, 0.6) is 0 Å². The van der Waals surface area contributed by atoms with Crippen molar-refractivity contribution in [1.29, 1.82) is 0 Å². The Bertz CT molecular complexity index is 1890. The van der Waals surface area contributed by atoms with E-state index in [0.717, 1.165) is 21.5 Å². The Hall–Kier alpha value is -4.35. The molecule has 0 spiro atoms. The fourth-order valence-electron chi connectivity index (χ4n) is 7.02. The molecule has 6 rings (SSSR count). The van der Waals surface area contributed by atoms with Gasteiger partial charge in [-0.3, -0.25) is 9.59 Å². The highest BCUT2D eigenvalue weighted by Crippen LogP contribution is 2.42. The highest BCUT2D eigenvalue weighted by Gasteiger charge is 2.52. The van der Waals surface area contributed by atoms with Crippen molar-refractivity contribution in [2.24, 2.45) is 5.92 Å². The summed E-state index contributed by atoms with van der Waals surface area (Å²) in [7, 11) is 0. The van der Waals surface area contributed by atoms with Gasteiger partial charge in [-0.1, -0.05) is 45.0 Å². The van der Waals surface area contributed by atoms with Gasteiger partial charge in [0.15, 0.2) is 0 Å². The third-order valence-corrected chi connectivity index (χ3v) is 9.43. The Balaban J connectivity index is 1.38. The van der Waals surface area contributed by atoms with Crippen molar-refractivity contribution >= 4 is 28.7 Å². The smallest absolute Gasteiger partial charge is 0.355 e. The molecule has 3 aromatic rings. The van der Waals surface area contributed by atoms with Crippen LogP contribution in [0.4, 0.5) is 0 Å². The zero-order valence-electron chi connectivity index (χ0n) is 27.3. The first-order valence-electron chi connectivity index (χ1n) is 15.7. The van der Waals surface area contributed by atoms with Crippen molar-refractivity contribution in [3.63, 3.8) is 0 Å². The number of nitrogens with zero attached hydrogens (tertiary/aromatic N) is 3. The zero-order valence-corrected chi connectivity index (χ0v) is 27.3. The molecule has 0 radical (unpaired) electrons. The first kappa shape index (κ1) is 31.6. The molecule has 5 heterocycles. The van der Waals surface area contributed by atoms with Crippen molar-refractivity contribution in [2.75, 3.05) is 0 Å². The van der Waals surface area contributed by atoms with Crippen LogP contribution in [-0.4, -0.2) is 54.8 Å². The van der Waals surface area contributed by atoms with Gasteiger partial charge in [-0.2, -0.15) is 5.06 Å².